The average Bonchev–Trinajstić information content (AvgIpc) is 3.61. The molecule has 0 unspecified atom stereocenters. The Bertz CT molecular complexity index is 1380. The van der Waals surface area contributed by atoms with Crippen LogP contribution in [0.4, 0.5) is 11.4 Å². The number of hydrogen-bond donors (Lipinski definition) is 2. The number of aromatic amines is 1. The molecule has 1 aliphatic carbocycles. The van der Waals surface area contributed by atoms with Crippen LogP contribution < -0.4 is 19.9 Å². The molecule has 1 saturated carbocycles. The van der Waals surface area contributed by atoms with Gasteiger partial charge in [0.05, 0.1) is 30.1 Å². The number of rotatable bonds is 10. The molecule has 7 nitrogen and oxygen atoms in total. The number of nitrogens with one attached hydrogen (secondary N) is 2. The van der Waals surface area contributed by atoms with Crippen LogP contribution in [0.2, 0.25) is 5.02 Å². The third kappa shape index (κ3) is 6.11. The summed E-state index contributed by atoms with van der Waals surface area (Å²) in [6, 6.07) is 12.4. The zero-order chi connectivity index (χ0) is 25.3. The minimum Gasteiger partial charge on any atom is -0.492 e. The number of pyridine rings is 1. The van der Waals surface area contributed by atoms with Gasteiger partial charge in [-0.05, 0) is 68.0 Å². The highest BCUT2D eigenvalue weighted by molar-refractivity contribution is 7.92. The van der Waals surface area contributed by atoms with Gasteiger partial charge in [-0.1, -0.05) is 31.5 Å². The molecule has 1 heterocycles. The third-order valence-electron chi connectivity index (χ3n) is 6.04. The minimum absolute atomic E-state index is 0.169. The second kappa shape index (κ2) is 10.1. The molecule has 1 aliphatic rings. The van der Waals surface area contributed by atoms with Crippen molar-refractivity contribution in [1.82, 2.24) is 4.98 Å². The van der Waals surface area contributed by atoms with E-state index in [1.165, 1.54) is 23.4 Å². The van der Waals surface area contributed by atoms with Crippen LogP contribution in [-0.2, 0) is 10.0 Å². The fraction of sp³-hybridized carbons (Fsp3) is 0.423. The van der Waals surface area contributed by atoms with E-state index >= 15 is 0 Å². The lowest BCUT2D eigenvalue weighted by Gasteiger charge is -2.25. The predicted molar refractivity (Wildman–Crippen MR) is 143 cm³/mol. The van der Waals surface area contributed by atoms with Crippen molar-refractivity contribution < 1.29 is 13.2 Å². The van der Waals surface area contributed by atoms with E-state index in [4.69, 9.17) is 16.3 Å². The summed E-state index contributed by atoms with van der Waals surface area (Å²) >= 11 is 6.53. The molecule has 0 spiro atoms. The molecule has 0 saturated heterocycles. The molecule has 0 radical (unpaired) electrons. The zero-order valence-corrected chi connectivity index (χ0v) is 22.0. The van der Waals surface area contributed by atoms with Crippen molar-refractivity contribution >= 4 is 43.9 Å². The first kappa shape index (κ1) is 25.4. The third-order valence-corrected chi connectivity index (χ3v) is 7.57. The summed E-state index contributed by atoms with van der Waals surface area (Å²) in [5.74, 6) is 1.35. The second-order valence-electron chi connectivity index (χ2n) is 9.75. The lowest BCUT2D eigenvalue weighted by molar-refractivity contribution is 0.300. The highest BCUT2D eigenvalue weighted by Crippen LogP contribution is 2.35. The van der Waals surface area contributed by atoms with Gasteiger partial charge in [-0.15, -0.1) is 0 Å². The van der Waals surface area contributed by atoms with Gasteiger partial charge in [0, 0.05) is 23.2 Å². The Morgan fingerprint density at radius 2 is 1.91 bits per heavy atom. The van der Waals surface area contributed by atoms with Crippen molar-refractivity contribution in [2.45, 2.75) is 39.7 Å². The smallest absolute Gasteiger partial charge is 0.253 e. The van der Waals surface area contributed by atoms with Crippen LogP contribution in [0.5, 0.6) is 5.75 Å². The van der Waals surface area contributed by atoms with Gasteiger partial charge in [0.15, 0.2) is 0 Å². The number of benzene rings is 2. The van der Waals surface area contributed by atoms with Crippen LogP contribution in [0, 0.1) is 11.8 Å². The molecule has 2 aromatic carbocycles. The summed E-state index contributed by atoms with van der Waals surface area (Å²) in [5, 5.41) is 4.55. The van der Waals surface area contributed by atoms with E-state index in [1.807, 2.05) is 45.0 Å². The van der Waals surface area contributed by atoms with Gasteiger partial charge in [-0.25, -0.2) is 8.42 Å². The predicted octanol–water partition coefficient (Wildman–Crippen LogP) is 5.57. The van der Waals surface area contributed by atoms with Crippen molar-refractivity contribution in [1.29, 1.82) is 0 Å². The highest BCUT2D eigenvalue weighted by atomic mass is 35.5. The molecule has 0 bridgehead atoms. The topological polar surface area (TPSA) is 91.5 Å². The lowest BCUT2D eigenvalue weighted by Crippen LogP contribution is -2.33. The van der Waals surface area contributed by atoms with E-state index < -0.39 is 10.0 Å². The Kier molecular flexibility index (Phi) is 7.33. The molecule has 188 valence electrons. The zero-order valence-electron chi connectivity index (χ0n) is 20.5. The summed E-state index contributed by atoms with van der Waals surface area (Å²) in [7, 11) is -3.43. The number of H-pyrrole nitrogens is 1. The first-order chi connectivity index (χ1) is 16.5. The molecule has 2 N–H and O–H groups in total. The van der Waals surface area contributed by atoms with E-state index in [-0.39, 0.29) is 17.5 Å². The number of halogens is 1. The van der Waals surface area contributed by atoms with Crippen molar-refractivity contribution in [3.8, 4) is 5.75 Å². The SMILES string of the molecule is CC(C)CN(c1cccc(N[C@@H](C)c2cc3ccc(OCC4CC4)c(Cl)c3[nH]c2=O)c1)S(C)(=O)=O. The van der Waals surface area contributed by atoms with Gasteiger partial charge >= 0.3 is 0 Å². The van der Waals surface area contributed by atoms with E-state index in [9.17, 15) is 13.2 Å². The van der Waals surface area contributed by atoms with Crippen LogP contribution in [0.15, 0.2) is 47.3 Å². The van der Waals surface area contributed by atoms with Crippen molar-refractivity contribution in [3.63, 3.8) is 0 Å². The number of anilines is 2. The Labute approximate surface area is 211 Å². The molecule has 1 atom stereocenters. The Morgan fingerprint density at radius 1 is 1.17 bits per heavy atom. The van der Waals surface area contributed by atoms with Crippen LogP contribution in [-0.4, -0.2) is 32.8 Å². The standard InChI is InChI=1S/C26H32ClN3O4S/c1-16(2)14-30(35(4,32)33)21-7-5-6-20(13-21)28-17(3)22-12-19-10-11-23(34-15-18-8-9-18)24(27)25(19)29-26(22)31/h5-7,10-13,16-18,28H,8-9,14-15H2,1-4H3,(H,29,31)/t17-/m0/s1. The molecule has 9 heteroatoms. The molecule has 3 aromatic rings. The maximum Gasteiger partial charge on any atom is 0.253 e. The molecule has 0 amide bonds. The summed E-state index contributed by atoms with van der Waals surface area (Å²) in [6.45, 7) is 6.86. The Morgan fingerprint density at radius 3 is 2.57 bits per heavy atom. The molecular weight excluding hydrogens is 486 g/mol. The Hall–Kier alpha value is -2.71. The lowest BCUT2D eigenvalue weighted by atomic mass is 10.1. The summed E-state index contributed by atoms with van der Waals surface area (Å²) in [6.07, 6.45) is 3.58. The highest BCUT2D eigenvalue weighted by Gasteiger charge is 2.23. The number of ether oxygens (including phenoxy) is 1. The van der Waals surface area contributed by atoms with Gasteiger partial charge in [0.25, 0.3) is 5.56 Å². The fourth-order valence-electron chi connectivity index (χ4n) is 4.01. The monoisotopic (exact) mass is 517 g/mol. The normalized spacial score (nSPS) is 14.8. The number of sulfonamides is 1. The summed E-state index contributed by atoms with van der Waals surface area (Å²) < 4.78 is 32.0. The fourth-order valence-corrected chi connectivity index (χ4v) is 5.35. The van der Waals surface area contributed by atoms with Gasteiger partial charge < -0.3 is 15.0 Å². The van der Waals surface area contributed by atoms with E-state index in [2.05, 4.69) is 10.3 Å². The van der Waals surface area contributed by atoms with Crippen LogP contribution in [0.3, 0.4) is 0 Å². The largest absolute Gasteiger partial charge is 0.492 e. The van der Waals surface area contributed by atoms with Crippen molar-refractivity contribution in [2.24, 2.45) is 11.8 Å². The minimum atomic E-state index is -3.43. The van der Waals surface area contributed by atoms with Crippen LogP contribution in [0.25, 0.3) is 10.9 Å². The first-order valence-electron chi connectivity index (χ1n) is 11.9. The van der Waals surface area contributed by atoms with Crippen LogP contribution >= 0.6 is 11.6 Å². The van der Waals surface area contributed by atoms with Gasteiger partial charge in [-0.3, -0.25) is 9.10 Å². The number of hydrogen-bond acceptors (Lipinski definition) is 5. The number of fused-ring (bicyclic) bond motifs is 1. The van der Waals surface area contributed by atoms with Crippen molar-refractivity contribution in [2.75, 3.05) is 29.0 Å². The first-order valence-corrected chi connectivity index (χ1v) is 14.1. The Balaban J connectivity index is 1.58. The quantitative estimate of drug-likeness (QED) is 0.367. The van der Waals surface area contributed by atoms with Crippen LogP contribution in [0.1, 0.15) is 45.2 Å². The average molecular weight is 518 g/mol. The molecule has 1 fully saturated rings. The van der Waals surface area contributed by atoms with Gasteiger partial charge in [-0.2, -0.15) is 0 Å². The molecule has 1 aromatic heterocycles. The maximum absolute atomic E-state index is 12.9. The molecule has 0 aliphatic heterocycles. The molecule has 35 heavy (non-hydrogen) atoms. The van der Waals surface area contributed by atoms with Crippen molar-refractivity contribution in [3.05, 3.63) is 63.4 Å². The number of nitrogens with zero attached hydrogens (tertiary/aromatic N) is 1. The maximum atomic E-state index is 12.9. The molecule has 4 rings (SSSR count). The summed E-state index contributed by atoms with van der Waals surface area (Å²) in [4.78, 5) is 15.9. The number of aromatic nitrogens is 1. The van der Waals surface area contributed by atoms with E-state index in [0.717, 1.165) is 5.39 Å². The summed E-state index contributed by atoms with van der Waals surface area (Å²) in [5.41, 5.74) is 2.16. The van der Waals surface area contributed by atoms with E-state index in [1.54, 1.807) is 18.2 Å². The van der Waals surface area contributed by atoms with E-state index in [0.29, 0.717) is 52.3 Å². The second-order valence-corrected chi connectivity index (χ2v) is 12.0. The van der Waals surface area contributed by atoms with Gasteiger partial charge in [0.1, 0.15) is 10.8 Å². The van der Waals surface area contributed by atoms with Gasteiger partial charge in [0.2, 0.25) is 10.0 Å². The molecular formula is C26H32ClN3O4S.